The molecule has 1 aromatic rings. The molecule has 0 radical (unpaired) electrons. The Balaban J connectivity index is 2.60. The van der Waals surface area contributed by atoms with Gasteiger partial charge in [0, 0.05) is 19.0 Å². The molecule has 0 bridgehead atoms. The highest BCUT2D eigenvalue weighted by Crippen LogP contribution is 2.09. The minimum atomic E-state index is -1.03. The summed E-state index contributed by atoms with van der Waals surface area (Å²) in [7, 11) is 1.51. The fraction of sp³-hybridized carbons (Fsp3) is 0.545. The number of rotatable bonds is 7. The van der Waals surface area contributed by atoms with Crippen molar-refractivity contribution in [2.24, 2.45) is 0 Å². The van der Waals surface area contributed by atoms with E-state index in [1.807, 2.05) is 12.3 Å². The molecule has 0 saturated heterocycles. The summed E-state index contributed by atoms with van der Waals surface area (Å²) in [6.45, 7) is 2.13. The molecular formula is C11H16N2O4S. The van der Waals surface area contributed by atoms with Crippen LogP contribution in [0.15, 0.2) is 5.38 Å². The number of carbonyl (C=O) groups excluding carboxylic acids is 1. The topological polar surface area (TPSA) is 79.7 Å². The summed E-state index contributed by atoms with van der Waals surface area (Å²) < 4.78 is 4.86. The number of nitrogens with zero attached hydrogens (tertiary/aromatic N) is 2. The second kappa shape index (κ2) is 7.07. The molecule has 0 saturated carbocycles. The summed E-state index contributed by atoms with van der Waals surface area (Å²) in [5.74, 6) is -1.28. The normalized spacial score (nSPS) is 10.3. The van der Waals surface area contributed by atoms with Crippen molar-refractivity contribution in [2.75, 3.05) is 26.8 Å². The van der Waals surface area contributed by atoms with Gasteiger partial charge in [-0.05, 0) is 6.92 Å². The van der Waals surface area contributed by atoms with Gasteiger partial charge in [0.1, 0.15) is 6.54 Å². The quantitative estimate of drug-likeness (QED) is 0.784. The number of amides is 1. The van der Waals surface area contributed by atoms with Crippen LogP contribution in [0.4, 0.5) is 0 Å². The third-order valence-electron chi connectivity index (χ3n) is 2.24. The summed E-state index contributed by atoms with van der Waals surface area (Å²) >= 11 is 1.47. The van der Waals surface area contributed by atoms with Crippen LogP contribution in [-0.2, 0) is 20.7 Å². The van der Waals surface area contributed by atoms with Gasteiger partial charge in [-0.15, -0.1) is 11.3 Å². The zero-order valence-corrected chi connectivity index (χ0v) is 11.2. The molecule has 0 unspecified atom stereocenters. The molecule has 0 atom stereocenters. The smallest absolute Gasteiger partial charge is 0.323 e. The number of ether oxygens (including phenoxy) is 1. The van der Waals surface area contributed by atoms with Crippen molar-refractivity contribution >= 4 is 23.2 Å². The van der Waals surface area contributed by atoms with E-state index in [0.29, 0.717) is 12.3 Å². The first-order valence-electron chi connectivity index (χ1n) is 5.42. The molecule has 6 nitrogen and oxygen atoms in total. The fourth-order valence-corrected chi connectivity index (χ4v) is 2.03. The molecule has 0 aromatic carbocycles. The highest BCUT2D eigenvalue weighted by Gasteiger charge is 2.17. The van der Waals surface area contributed by atoms with Crippen LogP contribution in [0.2, 0.25) is 0 Å². The van der Waals surface area contributed by atoms with E-state index in [1.165, 1.54) is 23.3 Å². The molecule has 100 valence electrons. The number of methoxy groups -OCH3 is 1. The van der Waals surface area contributed by atoms with Crippen molar-refractivity contribution in [3.05, 3.63) is 16.1 Å². The maximum Gasteiger partial charge on any atom is 0.323 e. The third-order valence-corrected chi connectivity index (χ3v) is 3.07. The summed E-state index contributed by atoms with van der Waals surface area (Å²) in [6.07, 6.45) is 0.126. The van der Waals surface area contributed by atoms with Gasteiger partial charge < -0.3 is 14.7 Å². The average Bonchev–Trinajstić information content (AvgIpc) is 2.69. The van der Waals surface area contributed by atoms with Crippen molar-refractivity contribution in [1.29, 1.82) is 0 Å². The Morgan fingerprint density at radius 1 is 1.56 bits per heavy atom. The summed E-state index contributed by atoms with van der Waals surface area (Å²) in [6, 6.07) is 0. The van der Waals surface area contributed by atoms with E-state index in [9.17, 15) is 9.59 Å². The summed E-state index contributed by atoms with van der Waals surface area (Å²) in [5, 5.41) is 11.5. The van der Waals surface area contributed by atoms with Gasteiger partial charge in [-0.1, -0.05) is 0 Å². The van der Waals surface area contributed by atoms with E-state index < -0.39 is 5.97 Å². The lowest BCUT2D eigenvalue weighted by Crippen LogP contribution is -2.38. The van der Waals surface area contributed by atoms with Crippen LogP contribution in [0.25, 0.3) is 0 Å². The Bertz CT molecular complexity index is 419. The van der Waals surface area contributed by atoms with E-state index >= 15 is 0 Å². The standard InChI is InChI=1S/C11H16N2O4S/c1-8-12-9(7-18-8)5-10(14)13(3-4-17-2)6-11(15)16/h7H,3-6H2,1-2H3,(H,15,16). The third kappa shape index (κ3) is 4.80. The van der Waals surface area contributed by atoms with Gasteiger partial charge in [0.15, 0.2) is 0 Å². The van der Waals surface area contributed by atoms with Gasteiger partial charge in [0.2, 0.25) is 5.91 Å². The van der Waals surface area contributed by atoms with Gasteiger partial charge in [-0.25, -0.2) is 4.98 Å². The second-order valence-electron chi connectivity index (χ2n) is 3.74. The largest absolute Gasteiger partial charge is 0.480 e. The van der Waals surface area contributed by atoms with E-state index in [-0.39, 0.29) is 25.4 Å². The van der Waals surface area contributed by atoms with E-state index in [4.69, 9.17) is 9.84 Å². The number of aliphatic carboxylic acids is 1. The zero-order valence-electron chi connectivity index (χ0n) is 10.4. The first-order chi connectivity index (χ1) is 8.52. The molecule has 0 aliphatic carbocycles. The lowest BCUT2D eigenvalue weighted by Gasteiger charge is -2.19. The Hall–Kier alpha value is -1.47. The number of aryl methyl sites for hydroxylation is 1. The number of hydrogen-bond acceptors (Lipinski definition) is 5. The SMILES string of the molecule is COCCN(CC(=O)O)C(=O)Cc1csc(C)n1. The van der Waals surface area contributed by atoms with Gasteiger partial charge in [0.25, 0.3) is 0 Å². The number of hydrogen-bond donors (Lipinski definition) is 1. The van der Waals surface area contributed by atoms with Crippen LogP contribution in [-0.4, -0.2) is 53.7 Å². The maximum atomic E-state index is 11.9. The number of carboxylic acid groups (broad SMARTS) is 1. The Labute approximate surface area is 109 Å². The van der Waals surface area contributed by atoms with Crippen LogP contribution in [0, 0.1) is 6.92 Å². The van der Waals surface area contributed by atoms with E-state index in [1.54, 1.807) is 0 Å². The van der Waals surface area contributed by atoms with Crippen LogP contribution in [0.3, 0.4) is 0 Å². The highest BCUT2D eigenvalue weighted by atomic mass is 32.1. The first kappa shape index (κ1) is 14.6. The van der Waals surface area contributed by atoms with Gasteiger partial charge in [-0.2, -0.15) is 0 Å². The van der Waals surface area contributed by atoms with Crippen molar-refractivity contribution < 1.29 is 19.4 Å². The van der Waals surface area contributed by atoms with Gasteiger partial charge >= 0.3 is 5.97 Å². The molecule has 0 spiro atoms. The first-order valence-corrected chi connectivity index (χ1v) is 6.30. The molecule has 0 aliphatic heterocycles. The number of carboxylic acids is 1. The molecule has 1 heterocycles. The Morgan fingerprint density at radius 2 is 2.28 bits per heavy atom. The van der Waals surface area contributed by atoms with Crippen LogP contribution in [0.5, 0.6) is 0 Å². The predicted octanol–water partition coefficient (Wildman–Crippen LogP) is 0.554. The van der Waals surface area contributed by atoms with E-state index in [2.05, 4.69) is 4.98 Å². The number of thiazole rings is 1. The van der Waals surface area contributed by atoms with Crippen molar-refractivity contribution in [1.82, 2.24) is 9.88 Å². The predicted molar refractivity (Wildman–Crippen MR) is 66.6 cm³/mol. The summed E-state index contributed by atoms with van der Waals surface area (Å²) in [4.78, 5) is 28.1. The highest BCUT2D eigenvalue weighted by molar-refractivity contribution is 7.09. The van der Waals surface area contributed by atoms with Gasteiger partial charge in [-0.3, -0.25) is 9.59 Å². The zero-order chi connectivity index (χ0) is 13.5. The minimum Gasteiger partial charge on any atom is -0.480 e. The molecule has 18 heavy (non-hydrogen) atoms. The molecule has 1 N–H and O–H groups in total. The Morgan fingerprint density at radius 3 is 2.78 bits per heavy atom. The molecule has 7 heteroatoms. The average molecular weight is 272 g/mol. The van der Waals surface area contributed by atoms with Crippen LogP contribution < -0.4 is 0 Å². The molecule has 1 amide bonds. The van der Waals surface area contributed by atoms with Crippen molar-refractivity contribution in [3.8, 4) is 0 Å². The lowest BCUT2D eigenvalue weighted by atomic mass is 10.3. The number of carbonyl (C=O) groups is 2. The van der Waals surface area contributed by atoms with Crippen LogP contribution >= 0.6 is 11.3 Å². The lowest BCUT2D eigenvalue weighted by molar-refractivity contribution is -0.144. The molecule has 0 fully saturated rings. The molecule has 1 aromatic heterocycles. The van der Waals surface area contributed by atoms with Crippen molar-refractivity contribution in [3.63, 3.8) is 0 Å². The molecule has 0 aliphatic rings. The molecule has 1 rings (SSSR count). The minimum absolute atomic E-state index is 0.126. The van der Waals surface area contributed by atoms with Crippen molar-refractivity contribution in [2.45, 2.75) is 13.3 Å². The second-order valence-corrected chi connectivity index (χ2v) is 4.80. The fourth-order valence-electron chi connectivity index (χ4n) is 1.41. The van der Waals surface area contributed by atoms with Gasteiger partial charge in [0.05, 0.1) is 23.7 Å². The van der Waals surface area contributed by atoms with E-state index in [0.717, 1.165) is 5.01 Å². The summed E-state index contributed by atoms with van der Waals surface area (Å²) in [5.41, 5.74) is 0.676. The number of aromatic nitrogens is 1. The maximum absolute atomic E-state index is 11.9. The monoisotopic (exact) mass is 272 g/mol. The Kier molecular flexibility index (Phi) is 5.73. The molecular weight excluding hydrogens is 256 g/mol. The van der Waals surface area contributed by atoms with Crippen LogP contribution in [0.1, 0.15) is 10.7 Å².